The minimum Gasteiger partial charge on any atom is -0.206 e. The second-order valence-corrected chi connectivity index (χ2v) is 11.2. The standard InChI is InChI=1S/C39H45F/c1-3-5-7-9-11-13-32-14-18-33(19-15-32)22-23-35-25-29-38-37(30-35)28-27-36(39(38)40)26-24-34-20-16-31(17-21-34)12-10-8-6-4-2/h14-21,25,27-30H,3-13,24,26H2,1-2H3. The lowest BCUT2D eigenvalue weighted by Crippen LogP contribution is -1.96. The topological polar surface area (TPSA) is 0 Å². The van der Waals surface area contributed by atoms with E-state index in [4.69, 9.17) is 0 Å². The fourth-order valence-corrected chi connectivity index (χ4v) is 5.35. The van der Waals surface area contributed by atoms with Crippen molar-refractivity contribution < 1.29 is 4.39 Å². The van der Waals surface area contributed by atoms with Crippen molar-refractivity contribution in [3.05, 3.63) is 118 Å². The average molecular weight is 533 g/mol. The quantitative estimate of drug-likeness (QED) is 0.112. The first-order chi connectivity index (χ1) is 19.7. The van der Waals surface area contributed by atoms with E-state index in [0.717, 1.165) is 41.3 Å². The number of benzene rings is 4. The van der Waals surface area contributed by atoms with Gasteiger partial charge in [0.25, 0.3) is 0 Å². The Labute approximate surface area is 242 Å². The van der Waals surface area contributed by atoms with Crippen LogP contribution in [0.5, 0.6) is 0 Å². The van der Waals surface area contributed by atoms with Gasteiger partial charge in [-0.25, -0.2) is 4.39 Å². The van der Waals surface area contributed by atoms with E-state index in [9.17, 15) is 0 Å². The summed E-state index contributed by atoms with van der Waals surface area (Å²) < 4.78 is 15.4. The van der Waals surface area contributed by atoms with Gasteiger partial charge in [-0.3, -0.25) is 0 Å². The number of hydrogen-bond acceptors (Lipinski definition) is 0. The van der Waals surface area contributed by atoms with Crippen LogP contribution in [0, 0.1) is 17.7 Å². The van der Waals surface area contributed by atoms with Crippen LogP contribution in [0.25, 0.3) is 10.8 Å². The number of halogens is 1. The lowest BCUT2D eigenvalue weighted by atomic mass is 9.98. The summed E-state index contributed by atoms with van der Waals surface area (Å²) in [6.45, 7) is 4.50. The van der Waals surface area contributed by atoms with Gasteiger partial charge in [0, 0.05) is 16.5 Å². The maximum atomic E-state index is 15.4. The zero-order chi connectivity index (χ0) is 28.0. The van der Waals surface area contributed by atoms with E-state index in [1.54, 1.807) is 0 Å². The highest BCUT2D eigenvalue weighted by Gasteiger charge is 2.08. The van der Waals surface area contributed by atoms with Crippen LogP contribution in [0.4, 0.5) is 4.39 Å². The SMILES string of the molecule is CCCCCCCc1ccc(C#Cc2ccc3c(F)c(CCc4ccc(CCCCCC)cc4)ccc3c2)cc1. The highest BCUT2D eigenvalue weighted by atomic mass is 19.1. The van der Waals surface area contributed by atoms with Crippen LogP contribution in [0.2, 0.25) is 0 Å². The summed E-state index contributed by atoms with van der Waals surface area (Å²) in [6.07, 6.45) is 15.5. The summed E-state index contributed by atoms with van der Waals surface area (Å²) in [5.41, 5.74) is 6.76. The van der Waals surface area contributed by atoms with E-state index in [2.05, 4.69) is 74.2 Å². The van der Waals surface area contributed by atoms with Gasteiger partial charge in [-0.1, -0.05) is 125 Å². The fourth-order valence-electron chi connectivity index (χ4n) is 5.35. The van der Waals surface area contributed by atoms with Gasteiger partial charge in [0.2, 0.25) is 0 Å². The number of rotatable bonds is 14. The first-order valence-corrected chi connectivity index (χ1v) is 15.6. The van der Waals surface area contributed by atoms with E-state index in [1.807, 2.05) is 30.3 Å². The van der Waals surface area contributed by atoms with Crippen LogP contribution in [-0.4, -0.2) is 0 Å². The predicted molar refractivity (Wildman–Crippen MR) is 170 cm³/mol. The first kappa shape index (κ1) is 29.6. The average Bonchev–Trinajstić information content (AvgIpc) is 2.99. The van der Waals surface area contributed by atoms with E-state index < -0.39 is 0 Å². The molecule has 0 unspecified atom stereocenters. The first-order valence-electron chi connectivity index (χ1n) is 15.6. The summed E-state index contributed by atoms with van der Waals surface area (Å²) in [4.78, 5) is 0. The van der Waals surface area contributed by atoms with Crippen LogP contribution in [-0.2, 0) is 25.7 Å². The second kappa shape index (κ2) is 16.0. The van der Waals surface area contributed by atoms with E-state index in [0.29, 0.717) is 11.8 Å². The van der Waals surface area contributed by atoms with Gasteiger partial charge in [0.15, 0.2) is 0 Å². The van der Waals surface area contributed by atoms with Crippen molar-refractivity contribution in [2.24, 2.45) is 0 Å². The van der Waals surface area contributed by atoms with Crippen molar-refractivity contribution in [1.82, 2.24) is 0 Å². The molecule has 0 N–H and O–H groups in total. The van der Waals surface area contributed by atoms with Crippen molar-refractivity contribution in [3.8, 4) is 11.8 Å². The van der Waals surface area contributed by atoms with Gasteiger partial charge in [0.05, 0.1) is 0 Å². The molecule has 0 saturated carbocycles. The molecule has 0 radical (unpaired) electrons. The monoisotopic (exact) mass is 532 g/mol. The molecule has 4 rings (SSSR count). The van der Waals surface area contributed by atoms with Crippen molar-refractivity contribution in [3.63, 3.8) is 0 Å². The van der Waals surface area contributed by atoms with Gasteiger partial charge in [-0.05, 0) is 90.4 Å². The van der Waals surface area contributed by atoms with Crippen LogP contribution >= 0.6 is 0 Å². The van der Waals surface area contributed by atoms with Crippen LogP contribution < -0.4 is 0 Å². The molecule has 0 aliphatic carbocycles. The molecular formula is C39H45F. The molecule has 0 nitrogen and oxygen atoms in total. The van der Waals surface area contributed by atoms with Gasteiger partial charge in [0.1, 0.15) is 5.82 Å². The summed E-state index contributed by atoms with van der Waals surface area (Å²) in [6, 6.07) is 27.3. The normalized spacial score (nSPS) is 11.0. The van der Waals surface area contributed by atoms with Gasteiger partial charge < -0.3 is 0 Å². The van der Waals surface area contributed by atoms with Crippen molar-refractivity contribution in [2.45, 2.75) is 97.3 Å². The maximum absolute atomic E-state index is 15.4. The maximum Gasteiger partial charge on any atom is 0.134 e. The van der Waals surface area contributed by atoms with Crippen LogP contribution in [0.1, 0.15) is 105 Å². The van der Waals surface area contributed by atoms with E-state index in [-0.39, 0.29) is 5.82 Å². The Bertz CT molecular complexity index is 1380. The second-order valence-electron chi connectivity index (χ2n) is 11.2. The minimum absolute atomic E-state index is 0.102. The molecule has 4 aromatic rings. The summed E-state index contributed by atoms with van der Waals surface area (Å²) in [5.74, 6) is 6.45. The third-order valence-electron chi connectivity index (χ3n) is 7.93. The zero-order valence-electron chi connectivity index (χ0n) is 24.6. The van der Waals surface area contributed by atoms with Crippen molar-refractivity contribution >= 4 is 10.8 Å². The molecule has 0 atom stereocenters. The Morgan fingerprint density at radius 2 is 1.02 bits per heavy atom. The minimum atomic E-state index is -0.102. The molecule has 1 heteroatoms. The highest BCUT2D eigenvalue weighted by Crippen LogP contribution is 2.24. The van der Waals surface area contributed by atoms with Crippen molar-refractivity contribution in [1.29, 1.82) is 0 Å². The van der Waals surface area contributed by atoms with Gasteiger partial charge in [-0.2, -0.15) is 0 Å². The molecule has 0 fully saturated rings. The molecule has 0 saturated heterocycles. The third-order valence-corrected chi connectivity index (χ3v) is 7.93. The van der Waals surface area contributed by atoms with Crippen LogP contribution in [0.3, 0.4) is 0 Å². The predicted octanol–water partition coefficient (Wildman–Crippen LogP) is 10.8. The fraction of sp³-hybridized carbons (Fsp3) is 0.385. The highest BCUT2D eigenvalue weighted by molar-refractivity contribution is 5.85. The lowest BCUT2D eigenvalue weighted by molar-refractivity contribution is 0.620. The molecule has 0 aliphatic rings. The third kappa shape index (κ3) is 9.09. The zero-order valence-corrected chi connectivity index (χ0v) is 24.6. The van der Waals surface area contributed by atoms with Crippen LogP contribution in [0.15, 0.2) is 78.9 Å². The number of unbranched alkanes of at least 4 members (excludes halogenated alkanes) is 7. The number of aryl methyl sites for hydroxylation is 4. The molecular weight excluding hydrogens is 487 g/mol. The Balaban J connectivity index is 1.32. The number of fused-ring (bicyclic) bond motifs is 1. The Hall–Kier alpha value is -3.37. The van der Waals surface area contributed by atoms with Gasteiger partial charge in [-0.15, -0.1) is 0 Å². The molecule has 0 heterocycles. The molecule has 0 amide bonds. The van der Waals surface area contributed by atoms with E-state index >= 15 is 4.39 Å². The molecule has 0 aliphatic heterocycles. The molecule has 208 valence electrons. The summed E-state index contributed by atoms with van der Waals surface area (Å²) >= 11 is 0. The Morgan fingerprint density at radius 1 is 0.500 bits per heavy atom. The Morgan fingerprint density at radius 3 is 1.68 bits per heavy atom. The van der Waals surface area contributed by atoms with E-state index in [1.165, 1.54) is 74.5 Å². The smallest absolute Gasteiger partial charge is 0.134 e. The van der Waals surface area contributed by atoms with Gasteiger partial charge >= 0.3 is 0 Å². The molecule has 0 bridgehead atoms. The molecule has 4 aromatic carbocycles. The number of hydrogen-bond donors (Lipinski definition) is 0. The lowest BCUT2D eigenvalue weighted by Gasteiger charge is -2.08. The summed E-state index contributed by atoms with van der Waals surface area (Å²) in [5, 5.41) is 1.58. The molecule has 0 spiro atoms. The molecule has 0 aromatic heterocycles. The largest absolute Gasteiger partial charge is 0.206 e. The van der Waals surface area contributed by atoms with Crippen molar-refractivity contribution in [2.75, 3.05) is 0 Å². The summed E-state index contributed by atoms with van der Waals surface area (Å²) in [7, 11) is 0. The Kier molecular flexibility index (Phi) is 11.9. The molecule has 40 heavy (non-hydrogen) atoms.